The van der Waals surface area contributed by atoms with Crippen molar-refractivity contribution < 1.29 is 14.7 Å². The maximum atomic E-state index is 12.8. The Kier molecular flexibility index (Phi) is 4.38. The predicted octanol–water partition coefficient (Wildman–Crippen LogP) is 2.68. The maximum absolute atomic E-state index is 12.8. The number of carbonyl (C=O) groups is 2. The summed E-state index contributed by atoms with van der Waals surface area (Å²) in [6.45, 7) is 5.84. The number of nitrogens with zero attached hydrogens (tertiary/aromatic N) is 1. The Morgan fingerprint density at radius 3 is 2.70 bits per heavy atom. The van der Waals surface area contributed by atoms with Crippen molar-refractivity contribution in [1.29, 1.82) is 0 Å². The lowest BCUT2D eigenvalue weighted by Crippen LogP contribution is -2.45. The van der Waals surface area contributed by atoms with Gasteiger partial charge in [-0.05, 0) is 37.5 Å². The molecule has 20 heavy (non-hydrogen) atoms. The van der Waals surface area contributed by atoms with E-state index in [0.29, 0.717) is 11.3 Å². The van der Waals surface area contributed by atoms with E-state index < -0.39 is 12.0 Å². The summed E-state index contributed by atoms with van der Waals surface area (Å²) in [4.78, 5) is 25.6. The first kappa shape index (κ1) is 14.9. The summed E-state index contributed by atoms with van der Waals surface area (Å²) >= 11 is 1.54. The van der Waals surface area contributed by atoms with Crippen LogP contribution < -0.4 is 0 Å². The number of hydrogen-bond acceptors (Lipinski definition) is 3. The Hall–Kier alpha value is -1.49. The first-order valence-electron chi connectivity index (χ1n) is 6.70. The minimum atomic E-state index is -0.924. The number of carboxylic acid groups (broad SMARTS) is 1. The van der Waals surface area contributed by atoms with E-state index in [0.717, 1.165) is 17.5 Å². The molecule has 1 aromatic carbocycles. The van der Waals surface area contributed by atoms with E-state index >= 15 is 0 Å². The largest absolute Gasteiger partial charge is 0.480 e. The molecule has 1 aromatic rings. The van der Waals surface area contributed by atoms with Crippen LogP contribution in [-0.2, 0) is 4.79 Å². The van der Waals surface area contributed by atoms with Crippen LogP contribution in [0.2, 0.25) is 0 Å². The number of hydrogen-bond donors (Lipinski definition) is 1. The molecule has 0 bridgehead atoms. The normalized spacial score (nSPS) is 22.1. The fraction of sp³-hybridized carbons (Fsp3) is 0.467. The van der Waals surface area contributed by atoms with Crippen LogP contribution in [0.4, 0.5) is 0 Å². The van der Waals surface area contributed by atoms with Crippen molar-refractivity contribution in [2.75, 3.05) is 5.75 Å². The molecular formula is C15H19NO3S. The van der Waals surface area contributed by atoms with Crippen molar-refractivity contribution >= 4 is 23.6 Å². The molecule has 1 aliphatic rings. The Morgan fingerprint density at radius 2 is 2.10 bits per heavy atom. The lowest BCUT2D eigenvalue weighted by atomic mass is 10.0. The van der Waals surface area contributed by atoms with E-state index in [1.807, 2.05) is 32.9 Å². The number of aliphatic carboxylic acids is 1. The smallest absolute Gasteiger partial charge is 0.327 e. The summed E-state index contributed by atoms with van der Waals surface area (Å²) in [6, 6.07) is 4.85. The van der Waals surface area contributed by atoms with E-state index in [1.54, 1.807) is 17.8 Å². The van der Waals surface area contributed by atoms with Crippen LogP contribution in [0.25, 0.3) is 0 Å². The van der Waals surface area contributed by atoms with E-state index in [1.165, 1.54) is 4.90 Å². The highest BCUT2D eigenvalue weighted by atomic mass is 32.2. The van der Waals surface area contributed by atoms with Crippen LogP contribution in [0.1, 0.15) is 34.8 Å². The number of amides is 1. The van der Waals surface area contributed by atoms with Crippen molar-refractivity contribution in [2.24, 2.45) is 0 Å². The molecule has 1 heterocycles. The van der Waals surface area contributed by atoms with Crippen LogP contribution in [0.3, 0.4) is 0 Å². The van der Waals surface area contributed by atoms with Crippen molar-refractivity contribution in [1.82, 2.24) is 4.90 Å². The molecule has 108 valence electrons. The van der Waals surface area contributed by atoms with Gasteiger partial charge < -0.3 is 10.0 Å². The fourth-order valence-corrected chi connectivity index (χ4v) is 3.81. The molecule has 1 N–H and O–H groups in total. The molecule has 5 heteroatoms. The first-order chi connectivity index (χ1) is 9.47. The molecular weight excluding hydrogens is 274 g/mol. The topological polar surface area (TPSA) is 57.6 Å². The summed E-state index contributed by atoms with van der Waals surface area (Å²) in [5, 5.41) is 9.26. The highest BCUT2D eigenvalue weighted by Gasteiger charge is 2.41. The van der Waals surface area contributed by atoms with Gasteiger partial charge >= 0.3 is 5.97 Å². The van der Waals surface area contributed by atoms with Gasteiger partial charge in [-0.25, -0.2) is 4.79 Å². The number of carbonyl (C=O) groups excluding carboxylic acids is 1. The molecule has 0 saturated carbocycles. The predicted molar refractivity (Wildman–Crippen MR) is 80.0 cm³/mol. The monoisotopic (exact) mass is 293 g/mol. The van der Waals surface area contributed by atoms with Gasteiger partial charge in [-0.15, -0.1) is 11.8 Å². The molecule has 0 aromatic heterocycles. The Labute approximate surface area is 123 Å². The SMILES string of the molecule is CCC1SCC(C(=O)O)N1C(=O)c1cccc(C)c1C. The van der Waals surface area contributed by atoms with Crippen LogP contribution >= 0.6 is 11.8 Å². The van der Waals surface area contributed by atoms with Gasteiger partial charge in [-0.2, -0.15) is 0 Å². The van der Waals surface area contributed by atoms with Gasteiger partial charge in [-0.1, -0.05) is 19.1 Å². The van der Waals surface area contributed by atoms with Crippen molar-refractivity contribution in [3.05, 3.63) is 34.9 Å². The Bertz CT molecular complexity index is 544. The Balaban J connectivity index is 2.38. The minimum absolute atomic E-state index is 0.0523. The van der Waals surface area contributed by atoms with Gasteiger partial charge in [0.15, 0.2) is 0 Å². The summed E-state index contributed by atoms with van der Waals surface area (Å²) in [5.74, 6) is -0.632. The second-order valence-corrected chi connectivity index (χ2v) is 6.22. The van der Waals surface area contributed by atoms with Gasteiger partial charge in [0.2, 0.25) is 0 Å². The molecule has 1 aliphatic heterocycles. The highest BCUT2D eigenvalue weighted by Crippen LogP contribution is 2.33. The van der Waals surface area contributed by atoms with Crippen molar-refractivity contribution in [3.63, 3.8) is 0 Å². The summed E-state index contributed by atoms with van der Waals surface area (Å²) in [7, 11) is 0. The molecule has 0 radical (unpaired) electrons. The van der Waals surface area contributed by atoms with E-state index in [9.17, 15) is 14.7 Å². The van der Waals surface area contributed by atoms with Crippen LogP contribution in [-0.4, -0.2) is 39.1 Å². The van der Waals surface area contributed by atoms with E-state index in [4.69, 9.17) is 0 Å². The van der Waals surface area contributed by atoms with E-state index in [-0.39, 0.29) is 11.3 Å². The van der Waals surface area contributed by atoms with Gasteiger partial charge in [0.25, 0.3) is 5.91 Å². The maximum Gasteiger partial charge on any atom is 0.327 e. The molecule has 1 saturated heterocycles. The quantitative estimate of drug-likeness (QED) is 0.931. The van der Waals surface area contributed by atoms with Gasteiger partial charge in [0.1, 0.15) is 6.04 Å². The van der Waals surface area contributed by atoms with Crippen molar-refractivity contribution in [3.8, 4) is 0 Å². The molecule has 0 aliphatic carbocycles. The molecule has 1 amide bonds. The zero-order valence-corrected chi connectivity index (χ0v) is 12.7. The minimum Gasteiger partial charge on any atom is -0.480 e. The van der Waals surface area contributed by atoms with Crippen molar-refractivity contribution in [2.45, 2.75) is 38.6 Å². The number of thioether (sulfide) groups is 1. The zero-order valence-electron chi connectivity index (χ0n) is 11.9. The van der Waals surface area contributed by atoms with Crippen LogP contribution in [0.15, 0.2) is 18.2 Å². The second kappa shape index (κ2) is 5.87. The molecule has 2 atom stereocenters. The van der Waals surface area contributed by atoms with Gasteiger partial charge in [0.05, 0.1) is 5.37 Å². The number of benzene rings is 1. The zero-order chi connectivity index (χ0) is 14.9. The fourth-order valence-electron chi connectivity index (χ4n) is 2.46. The van der Waals surface area contributed by atoms with Crippen LogP contribution in [0.5, 0.6) is 0 Å². The number of carboxylic acids is 1. The molecule has 4 nitrogen and oxygen atoms in total. The second-order valence-electron chi connectivity index (χ2n) is 5.01. The lowest BCUT2D eigenvalue weighted by Gasteiger charge is -2.27. The standard InChI is InChI=1S/C15H19NO3S/c1-4-13-16(12(8-20-13)15(18)19)14(17)11-7-5-6-9(2)10(11)3/h5-7,12-13H,4,8H2,1-3H3,(H,18,19). The average Bonchev–Trinajstić information content (AvgIpc) is 2.85. The molecule has 2 unspecified atom stereocenters. The molecule has 0 spiro atoms. The Morgan fingerprint density at radius 1 is 1.40 bits per heavy atom. The van der Waals surface area contributed by atoms with Crippen LogP contribution in [0, 0.1) is 13.8 Å². The third kappa shape index (κ3) is 2.54. The number of rotatable bonds is 3. The summed E-state index contributed by atoms with van der Waals surface area (Å²) in [6.07, 6.45) is 0.755. The third-order valence-electron chi connectivity index (χ3n) is 3.80. The van der Waals surface area contributed by atoms with Gasteiger partial charge in [-0.3, -0.25) is 4.79 Å². The van der Waals surface area contributed by atoms with E-state index in [2.05, 4.69) is 0 Å². The van der Waals surface area contributed by atoms with Gasteiger partial charge in [0, 0.05) is 11.3 Å². The first-order valence-corrected chi connectivity index (χ1v) is 7.75. The summed E-state index contributed by atoms with van der Waals surface area (Å²) < 4.78 is 0. The lowest BCUT2D eigenvalue weighted by molar-refractivity contribution is -0.141. The summed E-state index contributed by atoms with van der Waals surface area (Å²) in [5.41, 5.74) is 2.58. The molecule has 2 rings (SSSR count). The highest BCUT2D eigenvalue weighted by molar-refractivity contribution is 8.00. The third-order valence-corrected chi connectivity index (χ3v) is 5.25. The molecule has 1 fully saturated rings. The average molecular weight is 293 g/mol. The number of aryl methyl sites for hydroxylation is 1.